The van der Waals surface area contributed by atoms with Crippen LogP contribution in [0.15, 0.2) is 39.9 Å². The molecule has 0 saturated carbocycles. The summed E-state index contributed by atoms with van der Waals surface area (Å²) in [5, 5.41) is 11.7. The van der Waals surface area contributed by atoms with E-state index >= 15 is 0 Å². The summed E-state index contributed by atoms with van der Waals surface area (Å²) in [5.74, 6) is -1.74. The zero-order valence-electron chi connectivity index (χ0n) is 19.1. The Hall–Kier alpha value is -3.39. The zero-order chi connectivity index (χ0) is 23.7. The van der Waals surface area contributed by atoms with Gasteiger partial charge in [0.25, 0.3) is 11.1 Å². The Kier molecular flexibility index (Phi) is 6.37. The van der Waals surface area contributed by atoms with Gasteiger partial charge in [0, 0.05) is 44.0 Å². The minimum atomic E-state index is -0.941. The maximum absolute atomic E-state index is 13.5. The number of benzene rings is 1. The number of aryl methyl sites for hydroxylation is 3. The average Bonchev–Trinajstić information content (AvgIpc) is 3.23. The molecule has 8 nitrogen and oxygen atoms in total. The second kappa shape index (κ2) is 9.23. The molecule has 1 aliphatic rings. The van der Waals surface area contributed by atoms with Crippen molar-refractivity contribution in [3.8, 4) is 5.75 Å². The van der Waals surface area contributed by atoms with Crippen molar-refractivity contribution in [1.82, 2.24) is 9.13 Å². The van der Waals surface area contributed by atoms with Crippen molar-refractivity contribution in [2.24, 2.45) is 0 Å². The van der Waals surface area contributed by atoms with Crippen LogP contribution in [0.3, 0.4) is 0 Å². The third-order valence-electron chi connectivity index (χ3n) is 6.40. The van der Waals surface area contributed by atoms with E-state index < -0.39 is 17.4 Å². The number of nitrogens with zero attached hydrogens (tertiary/aromatic N) is 2. The molecular weight excluding hydrogens is 424 g/mol. The molecule has 1 N–H and O–H groups in total. The maximum atomic E-state index is 13.5. The second-order valence-electron chi connectivity index (χ2n) is 8.38. The second-order valence-corrected chi connectivity index (χ2v) is 8.38. The van der Waals surface area contributed by atoms with Crippen molar-refractivity contribution >= 4 is 16.9 Å². The molecule has 1 unspecified atom stereocenters. The summed E-state index contributed by atoms with van der Waals surface area (Å²) >= 11 is 0. The van der Waals surface area contributed by atoms with Crippen LogP contribution in [-0.4, -0.2) is 41.0 Å². The third-order valence-corrected chi connectivity index (χ3v) is 6.40. The Morgan fingerprint density at radius 3 is 2.70 bits per heavy atom. The Morgan fingerprint density at radius 2 is 1.97 bits per heavy atom. The smallest absolute Gasteiger partial charge is 0.306 e. The molecule has 0 saturated heterocycles. The highest BCUT2D eigenvalue weighted by molar-refractivity contribution is 5.84. The lowest BCUT2D eigenvalue weighted by atomic mass is 9.88. The highest BCUT2D eigenvalue weighted by atomic mass is 16.5. The van der Waals surface area contributed by atoms with Gasteiger partial charge < -0.3 is 23.7 Å². The number of methoxy groups -OCH3 is 2. The number of aromatic nitrogens is 2. The predicted molar refractivity (Wildman–Crippen MR) is 124 cm³/mol. The number of hydrogen-bond donors (Lipinski definition) is 1. The maximum Gasteiger partial charge on any atom is 0.306 e. The van der Waals surface area contributed by atoms with Crippen LogP contribution in [0.1, 0.15) is 41.1 Å². The standard InChI is InChI=1S/C25H28N2O6/c1-15-12-20(28)22(25(31)26(15)9-5-11-32-2)18(14-21(29)33-3)19-13-17-7-4-6-16-8-10-27(23(16)17)24(19)30/h4,6-7,12-13,18,28H,5,8-11,14H2,1-3H3. The molecule has 174 valence electrons. The number of aromatic hydroxyl groups is 1. The minimum absolute atomic E-state index is 0.0295. The number of esters is 1. The summed E-state index contributed by atoms with van der Waals surface area (Å²) < 4.78 is 13.2. The van der Waals surface area contributed by atoms with Gasteiger partial charge >= 0.3 is 5.97 Å². The summed E-state index contributed by atoms with van der Waals surface area (Å²) in [6.07, 6.45) is 1.12. The fourth-order valence-corrected chi connectivity index (χ4v) is 4.80. The lowest BCUT2D eigenvalue weighted by molar-refractivity contribution is -0.140. The largest absolute Gasteiger partial charge is 0.507 e. The fraction of sp³-hybridized carbons (Fsp3) is 0.400. The molecule has 3 aromatic rings. The normalized spacial score (nSPS) is 13.4. The first-order valence-corrected chi connectivity index (χ1v) is 11.0. The SMILES string of the molecule is COCCCn1c(C)cc(O)c(C(CC(=O)OC)c2cc3cccc4c3n(c2=O)CC4)c1=O. The van der Waals surface area contributed by atoms with Gasteiger partial charge in [-0.25, -0.2) is 0 Å². The fourth-order valence-electron chi connectivity index (χ4n) is 4.80. The van der Waals surface area contributed by atoms with Crippen LogP contribution in [-0.2, 0) is 33.8 Å². The van der Waals surface area contributed by atoms with E-state index in [1.54, 1.807) is 29.2 Å². The summed E-state index contributed by atoms with van der Waals surface area (Å²) in [5.41, 5.74) is 2.22. The molecule has 33 heavy (non-hydrogen) atoms. The highest BCUT2D eigenvalue weighted by Gasteiger charge is 2.30. The van der Waals surface area contributed by atoms with Crippen molar-refractivity contribution in [2.45, 2.75) is 45.2 Å². The van der Waals surface area contributed by atoms with Crippen molar-refractivity contribution < 1.29 is 19.4 Å². The van der Waals surface area contributed by atoms with E-state index in [0.717, 1.165) is 22.9 Å². The molecule has 2 aromatic heterocycles. The molecule has 1 aliphatic heterocycles. The number of pyridine rings is 2. The van der Waals surface area contributed by atoms with Gasteiger partial charge in [-0.05, 0) is 42.8 Å². The van der Waals surface area contributed by atoms with Gasteiger partial charge in [-0.15, -0.1) is 0 Å². The third kappa shape index (κ3) is 4.06. The number of rotatable bonds is 8. The van der Waals surface area contributed by atoms with Crippen LogP contribution in [0.25, 0.3) is 10.9 Å². The lowest BCUT2D eigenvalue weighted by Crippen LogP contribution is -2.32. The van der Waals surface area contributed by atoms with E-state index in [1.807, 2.05) is 18.2 Å². The summed E-state index contributed by atoms with van der Waals surface area (Å²) in [4.78, 5) is 39.4. The highest BCUT2D eigenvalue weighted by Crippen LogP contribution is 2.34. The van der Waals surface area contributed by atoms with E-state index in [2.05, 4.69) is 0 Å². The van der Waals surface area contributed by atoms with Crippen LogP contribution >= 0.6 is 0 Å². The van der Waals surface area contributed by atoms with Gasteiger partial charge in [0.1, 0.15) is 5.75 Å². The Bertz CT molecular complexity index is 1340. The molecule has 0 spiro atoms. The molecule has 8 heteroatoms. The Morgan fingerprint density at radius 1 is 1.18 bits per heavy atom. The van der Waals surface area contributed by atoms with Gasteiger partial charge in [0.2, 0.25) is 0 Å². The molecular formula is C25H28N2O6. The summed E-state index contributed by atoms with van der Waals surface area (Å²) in [6, 6.07) is 9.09. The number of ether oxygens (including phenoxy) is 2. The number of carbonyl (C=O) groups is 1. The van der Waals surface area contributed by atoms with Gasteiger partial charge in [-0.3, -0.25) is 14.4 Å². The minimum Gasteiger partial charge on any atom is -0.507 e. The van der Waals surface area contributed by atoms with E-state index in [0.29, 0.717) is 37.4 Å². The van der Waals surface area contributed by atoms with Crippen molar-refractivity contribution in [2.75, 3.05) is 20.8 Å². The van der Waals surface area contributed by atoms with Crippen molar-refractivity contribution in [3.63, 3.8) is 0 Å². The molecule has 0 radical (unpaired) electrons. The topological polar surface area (TPSA) is 99.8 Å². The molecule has 1 atom stereocenters. The van der Waals surface area contributed by atoms with Crippen LogP contribution in [0.4, 0.5) is 0 Å². The monoisotopic (exact) mass is 452 g/mol. The number of carbonyl (C=O) groups excluding carboxylic acids is 1. The molecule has 0 bridgehead atoms. The average molecular weight is 453 g/mol. The van der Waals surface area contributed by atoms with Crippen LogP contribution in [0.5, 0.6) is 5.75 Å². The van der Waals surface area contributed by atoms with Crippen molar-refractivity contribution in [3.05, 3.63) is 73.4 Å². The van der Waals surface area contributed by atoms with Crippen molar-refractivity contribution in [1.29, 1.82) is 0 Å². The molecule has 4 rings (SSSR count). The Balaban J connectivity index is 1.94. The van der Waals surface area contributed by atoms with E-state index in [4.69, 9.17) is 9.47 Å². The van der Waals surface area contributed by atoms with Crippen LogP contribution in [0, 0.1) is 6.92 Å². The number of hydrogen-bond acceptors (Lipinski definition) is 6. The predicted octanol–water partition coefficient (Wildman–Crippen LogP) is 2.46. The van der Waals surface area contributed by atoms with Gasteiger partial charge in [-0.1, -0.05) is 18.2 Å². The van der Waals surface area contributed by atoms with E-state index in [9.17, 15) is 19.5 Å². The molecule has 0 fully saturated rings. The lowest BCUT2D eigenvalue weighted by Gasteiger charge is -2.21. The van der Waals surface area contributed by atoms with Crippen LogP contribution < -0.4 is 11.1 Å². The molecule has 0 aliphatic carbocycles. The summed E-state index contributed by atoms with van der Waals surface area (Å²) in [6.45, 7) is 3.14. The molecule has 0 amide bonds. The first kappa shape index (κ1) is 22.8. The van der Waals surface area contributed by atoms with E-state index in [1.165, 1.54) is 13.2 Å². The molecule has 1 aromatic carbocycles. The zero-order valence-corrected chi connectivity index (χ0v) is 19.1. The first-order valence-electron chi connectivity index (χ1n) is 11.0. The van der Waals surface area contributed by atoms with Crippen LogP contribution in [0.2, 0.25) is 0 Å². The van der Waals surface area contributed by atoms with E-state index in [-0.39, 0.29) is 23.3 Å². The molecule has 3 heterocycles. The van der Waals surface area contributed by atoms with Gasteiger partial charge in [0.15, 0.2) is 0 Å². The first-order chi connectivity index (χ1) is 15.9. The van der Waals surface area contributed by atoms with Gasteiger partial charge in [-0.2, -0.15) is 0 Å². The number of para-hydroxylation sites is 1. The summed E-state index contributed by atoms with van der Waals surface area (Å²) in [7, 11) is 2.85. The quantitative estimate of drug-likeness (QED) is 0.416. The van der Waals surface area contributed by atoms with Gasteiger partial charge in [0.05, 0.1) is 24.6 Å². The Labute approximate surface area is 191 Å².